The summed E-state index contributed by atoms with van der Waals surface area (Å²) in [7, 11) is 1.65. The summed E-state index contributed by atoms with van der Waals surface area (Å²) < 4.78 is 53.3. The molecule has 10 nitrogen and oxygen atoms in total. The van der Waals surface area contributed by atoms with Crippen LogP contribution in [0.25, 0.3) is 21.1 Å². The number of alkyl halides is 3. The van der Waals surface area contributed by atoms with E-state index in [4.69, 9.17) is 14.6 Å². The van der Waals surface area contributed by atoms with Crippen LogP contribution in [-0.2, 0) is 35.5 Å². The first kappa shape index (κ1) is 32.9. The van der Waals surface area contributed by atoms with Gasteiger partial charge in [-0.25, -0.2) is 9.97 Å². The summed E-state index contributed by atoms with van der Waals surface area (Å²) in [5.74, 6) is 0.593. The number of hydrogen-bond acceptors (Lipinski definition) is 9. The molecule has 0 bridgehead atoms. The molecular formula is C33H37F3N8O2S. The van der Waals surface area contributed by atoms with Gasteiger partial charge in [-0.15, -0.1) is 11.3 Å². The number of halogens is 3. The van der Waals surface area contributed by atoms with Crippen molar-refractivity contribution in [2.24, 2.45) is 0 Å². The summed E-state index contributed by atoms with van der Waals surface area (Å²) >= 11 is 1.06. The second-order valence-electron chi connectivity index (χ2n) is 11.9. The van der Waals surface area contributed by atoms with E-state index in [-0.39, 0.29) is 10.9 Å². The van der Waals surface area contributed by atoms with Crippen LogP contribution in [0.3, 0.4) is 0 Å². The minimum Gasteiger partial charge on any atom is -0.382 e. The fourth-order valence-corrected chi connectivity index (χ4v) is 7.14. The van der Waals surface area contributed by atoms with Gasteiger partial charge in [0.2, 0.25) is 0 Å². The molecule has 1 aliphatic rings. The van der Waals surface area contributed by atoms with E-state index in [9.17, 15) is 18.4 Å². The first-order valence-corrected chi connectivity index (χ1v) is 16.4. The molecule has 5 aromatic rings. The number of nitrogens with one attached hydrogen (secondary N) is 1. The monoisotopic (exact) mass is 666 g/mol. The van der Waals surface area contributed by atoms with Gasteiger partial charge in [0.25, 0.3) is 0 Å². The predicted molar refractivity (Wildman–Crippen MR) is 175 cm³/mol. The Labute approximate surface area is 274 Å². The van der Waals surface area contributed by atoms with Gasteiger partial charge in [0.15, 0.2) is 0 Å². The lowest BCUT2D eigenvalue weighted by Gasteiger charge is -2.32. The van der Waals surface area contributed by atoms with Gasteiger partial charge in [-0.2, -0.15) is 23.5 Å². The highest BCUT2D eigenvalue weighted by molar-refractivity contribution is 7.18. The second kappa shape index (κ2) is 14.4. The summed E-state index contributed by atoms with van der Waals surface area (Å²) in [6, 6.07) is 14.4. The van der Waals surface area contributed by atoms with E-state index in [1.165, 1.54) is 11.9 Å². The van der Waals surface area contributed by atoms with Gasteiger partial charge in [0, 0.05) is 54.3 Å². The fourth-order valence-electron chi connectivity index (χ4n) is 6.11. The van der Waals surface area contributed by atoms with Gasteiger partial charge in [-0.05, 0) is 55.7 Å². The number of ether oxygens (including phenoxy) is 2. The van der Waals surface area contributed by atoms with Crippen LogP contribution in [0.5, 0.6) is 0 Å². The molecule has 47 heavy (non-hydrogen) atoms. The van der Waals surface area contributed by atoms with Crippen LogP contribution in [0, 0.1) is 18.3 Å². The molecule has 6 rings (SSSR count). The topological polar surface area (TPSA) is 106 Å². The second-order valence-corrected chi connectivity index (χ2v) is 13.0. The number of rotatable bonds is 13. The van der Waals surface area contributed by atoms with Gasteiger partial charge in [-0.1, -0.05) is 6.07 Å². The number of aryl methyl sites for hydroxylation is 1. The normalized spacial score (nSPS) is 14.7. The molecule has 1 fully saturated rings. The van der Waals surface area contributed by atoms with Gasteiger partial charge < -0.3 is 19.4 Å². The molecule has 0 aliphatic carbocycles. The third-order valence-electron chi connectivity index (χ3n) is 8.40. The van der Waals surface area contributed by atoms with Crippen molar-refractivity contribution in [1.29, 1.82) is 5.26 Å². The van der Waals surface area contributed by atoms with E-state index in [0.717, 1.165) is 66.1 Å². The number of piperidine rings is 1. The molecule has 0 saturated carbocycles. The fraction of sp³-hybridized carbons (Fsp3) is 0.455. The zero-order chi connectivity index (χ0) is 33.0. The van der Waals surface area contributed by atoms with Crippen LogP contribution in [0.1, 0.15) is 40.4 Å². The number of nitriles is 1. The Kier molecular flexibility index (Phi) is 10.1. The maximum atomic E-state index is 12.9. The van der Waals surface area contributed by atoms with Gasteiger partial charge in [0.1, 0.15) is 28.7 Å². The number of benzene rings is 1. The molecule has 1 aromatic carbocycles. The van der Waals surface area contributed by atoms with E-state index >= 15 is 0 Å². The Morgan fingerprint density at radius 2 is 1.89 bits per heavy atom. The molecule has 0 atom stereocenters. The van der Waals surface area contributed by atoms with Crippen molar-refractivity contribution in [2.75, 3.05) is 45.3 Å². The Balaban J connectivity index is 1.06. The summed E-state index contributed by atoms with van der Waals surface area (Å²) in [5, 5.41) is 19.8. The molecule has 248 valence electrons. The van der Waals surface area contributed by atoms with Crippen LogP contribution in [0.2, 0.25) is 0 Å². The highest BCUT2D eigenvalue weighted by atomic mass is 32.1. The molecule has 0 amide bonds. The molecule has 14 heteroatoms. The molecule has 1 N–H and O–H groups in total. The summed E-state index contributed by atoms with van der Waals surface area (Å²) in [5.41, 5.74) is 4.68. The minimum atomic E-state index is -4.26. The number of nitrogens with zero attached hydrogens (tertiary/aromatic N) is 7. The molecule has 1 saturated heterocycles. The first-order chi connectivity index (χ1) is 22.7. The molecule has 0 spiro atoms. The van der Waals surface area contributed by atoms with Gasteiger partial charge >= 0.3 is 6.18 Å². The highest BCUT2D eigenvalue weighted by Gasteiger charge is 2.29. The van der Waals surface area contributed by atoms with E-state index < -0.39 is 12.6 Å². The van der Waals surface area contributed by atoms with Crippen molar-refractivity contribution < 1.29 is 22.6 Å². The van der Waals surface area contributed by atoms with Gasteiger partial charge in [-0.3, -0.25) is 9.58 Å². The van der Waals surface area contributed by atoms with Crippen LogP contribution in [-0.4, -0.2) is 81.5 Å². The number of hydrogen-bond donors (Lipinski definition) is 1. The zero-order valence-corrected chi connectivity index (χ0v) is 27.2. The van der Waals surface area contributed by atoms with Crippen molar-refractivity contribution in [3.63, 3.8) is 0 Å². The number of aromatic nitrogens is 5. The van der Waals surface area contributed by atoms with Crippen molar-refractivity contribution in [3.05, 3.63) is 70.2 Å². The maximum absolute atomic E-state index is 12.9. The van der Waals surface area contributed by atoms with Gasteiger partial charge in [0.05, 0.1) is 50.4 Å². The third kappa shape index (κ3) is 8.10. The standard InChI is InChI=1S/C33H37F3N8O2S/c1-22-13-26(41-44(22)9-10-46-12-11-45-2)20-43-27(18-37)15-24-14-23(3-4-30(24)43)19-42-7-5-25(6-8-42)40-31-29-16-28(17-33(34,35)36)47-32(29)39-21-38-31/h3-4,13-16,21,25H,5-12,17,19-20H2,1-2H3,(H,38,39,40). The number of anilines is 1. The smallest absolute Gasteiger partial charge is 0.382 e. The van der Waals surface area contributed by atoms with Crippen molar-refractivity contribution >= 4 is 38.3 Å². The lowest BCUT2D eigenvalue weighted by molar-refractivity contribution is -0.126. The van der Waals surface area contributed by atoms with E-state index in [1.54, 1.807) is 13.2 Å². The van der Waals surface area contributed by atoms with E-state index in [2.05, 4.69) is 44.5 Å². The molecule has 5 heterocycles. The lowest BCUT2D eigenvalue weighted by Crippen LogP contribution is -2.38. The Morgan fingerprint density at radius 1 is 1.06 bits per heavy atom. The minimum absolute atomic E-state index is 0.167. The molecular weight excluding hydrogens is 629 g/mol. The molecule has 0 radical (unpaired) electrons. The van der Waals surface area contributed by atoms with Crippen LogP contribution >= 0.6 is 11.3 Å². The maximum Gasteiger partial charge on any atom is 0.393 e. The number of thiophene rings is 1. The Bertz CT molecular complexity index is 1870. The average Bonchev–Trinajstić information content (AvgIpc) is 3.71. The Morgan fingerprint density at radius 3 is 2.66 bits per heavy atom. The summed E-state index contributed by atoms with van der Waals surface area (Å²) in [6.45, 7) is 7.35. The third-order valence-corrected chi connectivity index (χ3v) is 9.44. The van der Waals surface area contributed by atoms with Crippen molar-refractivity contribution in [3.8, 4) is 6.07 Å². The number of methoxy groups -OCH3 is 1. The van der Waals surface area contributed by atoms with Crippen molar-refractivity contribution in [2.45, 2.75) is 58.0 Å². The summed E-state index contributed by atoms with van der Waals surface area (Å²) in [4.78, 5) is 11.7. The lowest BCUT2D eigenvalue weighted by atomic mass is 10.0. The quantitative estimate of drug-likeness (QED) is 0.155. The number of likely N-dealkylation sites (tertiary alicyclic amines) is 1. The number of fused-ring (bicyclic) bond motifs is 2. The molecule has 0 unspecified atom stereocenters. The van der Waals surface area contributed by atoms with Crippen molar-refractivity contribution in [1.82, 2.24) is 29.2 Å². The predicted octanol–water partition coefficient (Wildman–Crippen LogP) is 5.92. The zero-order valence-electron chi connectivity index (χ0n) is 26.4. The molecule has 4 aromatic heterocycles. The first-order valence-electron chi connectivity index (χ1n) is 15.6. The average molecular weight is 667 g/mol. The van der Waals surface area contributed by atoms with E-state index in [0.29, 0.717) is 54.6 Å². The summed E-state index contributed by atoms with van der Waals surface area (Å²) in [6.07, 6.45) is -2.05. The van der Waals surface area contributed by atoms with Crippen LogP contribution in [0.15, 0.2) is 42.7 Å². The Hall–Kier alpha value is -4.03. The molecule has 1 aliphatic heterocycles. The van der Waals surface area contributed by atoms with Crippen LogP contribution in [0.4, 0.5) is 19.0 Å². The SMILES string of the molecule is COCCOCCn1nc(Cn2c(C#N)cc3cc(CN4CCC(Nc5ncnc6sc(CC(F)(F)F)cc56)CC4)ccc32)cc1C. The van der Waals surface area contributed by atoms with E-state index in [1.807, 2.05) is 28.3 Å². The van der Waals surface area contributed by atoms with Crippen LogP contribution < -0.4 is 5.32 Å². The largest absolute Gasteiger partial charge is 0.393 e. The highest BCUT2D eigenvalue weighted by Crippen LogP contribution is 2.33.